The number of guanidine groups is 1. The quantitative estimate of drug-likeness (QED) is 0.447. The minimum absolute atomic E-state index is 0. The average Bonchev–Trinajstić information content (AvgIpc) is 2.33. The predicted octanol–water partition coefficient (Wildman–Crippen LogP) is 2.30. The van der Waals surface area contributed by atoms with Crippen molar-refractivity contribution in [1.82, 2.24) is 15.5 Å². The van der Waals surface area contributed by atoms with E-state index in [2.05, 4.69) is 48.2 Å². The molecule has 0 aromatic heterocycles. The Kier molecular flexibility index (Phi) is 8.98. The molecule has 0 spiro atoms. The zero-order valence-electron chi connectivity index (χ0n) is 13.1. The van der Waals surface area contributed by atoms with Crippen molar-refractivity contribution in [3.05, 3.63) is 0 Å². The fraction of sp³-hybridized carbons (Fsp3) is 0.929. The molecule has 0 aromatic carbocycles. The SMILES string of the molecule is CCN1CCCC(CNC(=NC)NC(C)(C)C)C1.I. The fourth-order valence-electron chi connectivity index (χ4n) is 2.38. The van der Waals surface area contributed by atoms with Gasteiger partial charge < -0.3 is 15.5 Å². The first-order chi connectivity index (χ1) is 8.44. The van der Waals surface area contributed by atoms with Crippen molar-refractivity contribution >= 4 is 29.9 Å². The molecule has 0 radical (unpaired) electrons. The van der Waals surface area contributed by atoms with Crippen molar-refractivity contribution in [2.24, 2.45) is 10.9 Å². The first-order valence-corrected chi connectivity index (χ1v) is 7.15. The van der Waals surface area contributed by atoms with Gasteiger partial charge in [-0.1, -0.05) is 6.92 Å². The van der Waals surface area contributed by atoms with E-state index in [-0.39, 0.29) is 29.5 Å². The lowest BCUT2D eigenvalue weighted by Crippen LogP contribution is -2.50. The van der Waals surface area contributed by atoms with E-state index < -0.39 is 0 Å². The number of halogens is 1. The summed E-state index contributed by atoms with van der Waals surface area (Å²) in [7, 11) is 1.83. The van der Waals surface area contributed by atoms with Crippen LogP contribution in [-0.4, -0.2) is 49.6 Å². The Bertz CT molecular complexity index is 273. The second kappa shape index (κ2) is 9.00. The van der Waals surface area contributed by atoms with E-state index in [4.69, 9.17) is 0 Å². The Morgan fingerprint density at radius 2 is 2.05 bits per heavy atom. The third-order valence-electron chi connectivity index (χ3n) is 3.33. The van der Waals surface area contributed by atoms with Crippen LogP contribution in [0.2, 0.25) is 0 Å². The number of nitrogens with zero attached hydrogens (tertiary/aromatic N) is 2. The van der Waals surface area contributed by atoms with Gasteiger partial charge in [0, 0.05) is 25.7 Å². The molecule has 0 aliphatic carbocycles. The van der Waals surface area contributed by atoms with E-state index in [0.717, 1.165) is 18.4 Å². The van der Waals surface area contributed by atoms with E-state index in [0.29, 0.717) is 0 Å². The van der Waals surface area contributed by atoms with Gasteiger partial charge in [0.05, 0.1) is 0 Å². The lowest BCUT2D eigenvalue weighted by molar-refractivity contribution is 0.183. The highest BCUT2D eigenvalue weighted by Crippen LogP contribution is 2.15. The van der Waals surface area contributed by atoms with Gasteiger partial charge >= 0.3 is 0 Å². The van der Waals surface area contributed by atoms with Gasteiger partial charge in [0.15, 0.2) is 5.96 Å². The van der Waals surface area contributed by atoms with Crippen molar-refractivity contribution in [3.63, 3.8) is 0 Å². The smallest absolute Gasteiger partial charge is 0.191 e. The summed E-state index contributed by atoms with van der Waals surface area (Å²) in [4.78, 5) is 6.82. The summed E-state index contributed by atoms with van der Waals surface area (Å²) < 4.78 is 0. The highest BCUT2D eigenvalue weighted by molar-refractivity contribution is 14.0. The number of hydrogen-bond donors (Lipinski definition) is 2. The highest BCUT2D eigenvalue weighted by atomic mass is 127. The van der Waals surface area contributed by atoms with Crippen LogP contribution in [0.5, 0.6) is 0 Å². The molecule has 2 N–H and O–H groups in total. The zero-order chi connectivity index (χ0) is 13.6. The van der Waals surface area contributed by atoms with E-state index in [1.165, 1.54) is 32.5 Å². The van der Waals surface area contributed by atoms with E-state index >= 15 is 0 Å². The second-order valence-corrected chi connectivity index (χ2v) is 6.23. The third-order valence-corrected chi connectivity index (χ3v) is 3.33. The lowest BCUT2D eigenvalue weighted by Gasteiger charge is -2.32. The van der Waals surface area contributed by atoms with Crippen LogP contribution in [0.4, 0.5) is 0 Å². The Hall–Kier alpha value is -0.0400. The molecule has 0 bridgehead atoms. The Morgan fingerprint density at radius 1 is 1.37 bits per heavy atom. The topological polar surface area (TPSA) is 39.7 Å². The van der Waals surface area contributed by atoms with Crippen molar-refractivity contribution in [1.29, 1.82) is 0 Å². The molecule has 1 aliphatic rings. The molecule has 4 nitrogen and oxygen atoms in total. The van der Waals surface area contributed by atoms with Crippen LogP contribution >= 0.6 is 24.0 Å². The Labute approximate surface area is 135 Å². The van der Waals surface area contributed by atoms with Gasteiger partial charge in [0.2, 0.25) is 0 Å². The van der Waals surface area contributed by atoms with Crippen molar-refractivity contribution in [2.75, 3.05) is 33.2 Å². The summed E-state index contributed by atoms with van der Waals surface area (Å²) in [5.41, 5.74) is 0.0594. The molecule has 19 heavy (non-hydrogen) atoms. The molecule has 1 aliphatic heterocycles. The number of likely N-dealkylation sites (tertiary alicyclic amines) is 1. The van der Waals surface area contributed by atoms with E-state index in [1.807, 2.05) is 7.05 Å². The third kappa shape index (κ3) is 7.97. The maximum Gasteiger partial charge on any atom is 0.191 e. The van der Waals surface area contributed by atoms with Gasteiger partial charge in [-0.3, -0.25) is 4.99 Å². The van der Waals surface area contributed by atoms with Crippen LogP contribution in [-0.2, 0) is 0 Å². The monoisotopic (exact) mass is 382 g/mol. The standard InChI is InChI=1S/C14H30N4.HI/c1-6-18-9-7-8-12(11-18)10-16-13(15-5)17-14(2,3)4;/h12H,6-11H2,1-5H3,(H2,15,16,17);1H. The number of aliphatic imine (C=N–C) groups is 1. The largest absolute Gasteiger partial charge is 0.356 e. The lowest BCUT2D eigenvalue weighted by atomic mass is 9.98. The molecule has 0 saturated carbocycles. The Morgan fingerprint density at radius 3 is 2.58 bits per heavy atom. The van der Waals surface area contributed by atoms with Crippen molar-refractivity contribution in [2.45, 2.75) is 46.1 Å². The number of piperidine rings is 1. The van der Waals surface area contributed by atoms with Gasteiger partial charge in [0.25, 0.3) is 0 Å². The highest BCUT2D eigenvalue weighted by Gasteiger charge is 2.19. The first-order valence-electron chi connectivity index (χ1n) is 7.15. The van der Waals surface area contributed by atoms with Crippen LogP contribution in [0.25, 0.3) is 0 Å². The second-order valence-electron chi connectivity index (χ2n) is 6.23. The summed E-state index contributed by atoms with van der Waals surface area (Å²) >= 11 is 0. The molecule has 1 fully saturated rings. The molecule has 1 atom stereocenters. The molecule has 114 valence electrons. The van der Waals surface area contributed by atoms with Gasteiger partial charge in [-0.25, -0.2) is 0 Å². The van der Waals surface area contributed by atoms with Crippen molar-refractivity contribution in [3.8, 4) is 0 Å². The average molecular weight is 382 g/mol. The van der Waals surface area contributed by atoms with Gasteiger partial charge in [-0.05, 0) is 52.6 Å². The summed E-state index contributed by atoms with van der Waals surface area (Å²) in [6.07, 6.45) is 2.65. The first kappa shape index (κ1) is 19.0. The maximum atomic E-state index is 4.28. The molecule has 0 aromatic rings. The minimum atomic E-state index is 0. The number of nitrogens with one attached hydrogen (secondary N) is 2. The van der Waals surface area contributed by atoms with Crippen LogP contribution in [0.15, 0.2) is 4.99 Å². The fourth-order valence-corrected chi connectivity index (χ4v) is 2.38. The van der Waals surface area contributed by atoms with Gasteiger partial charge in [0.1, 0.15) is 0 Å². The van der Waals surface area contributed by atoms with Crippen molar-refractivity contribution < 1.29 is 0 Å². The molecule has 1 unspecified atom stereocenters. The summed E-state index contributed by atoms with van der Waals surface area (Å²) in [6, 6.07) is 0. The normalized spacial score (nSPS) is 21.7. The molecule has 1 rings (SSSR count). The predicted molar refractivity (Wildman–Crippen MR) is 94.5 cm³/mol. The Balaban J connectivity index is 0.00000324. The zero-order valence-corrected chi connectivity index (χ0v) is 15.5. The van der Waals surface area contributed by atoms with Crippen LogP contribution in [0.1, 0.15) is 40.5 Å². The minimum Gasteiger partial charge on any atom is -0.356 e. The molecular formula is C14H31IN4. The molecule has 0 amide bonds. The molecule has 1 heterocycles. The summed E-state index contributed by atoms with van der Waals surface area (Å²) in [6.45, 7) is 13.4. The summed E-state index contributed by atoms with van der Waals surface area (Å²) in [5, 5.41) is 6.85. The van der Waals surface area contributed by atoms with Crippen LogP contribution in [0, 0.1) is 5.92 Å². The molecule has 1 saturated heterocycles. The maximum absolute atomic E-state index is 4.28. The van der Waals surface area contributed by atoms with Crippen LogP contribution < -0.4 is 10.6 Å². The number of rotatable bonds is 3. The van der Waals surface area contributed by atoms with Crippen LogP contribution in [0.3, 0.4) is 0 Å². The van der Waals surface area contributed by atoms with Gasteiger partial charge in [-0.2, -0.15) is 0 Å². The summed E-state index contributed by atoms with van der Waals surface area (Å²) in [5.74, 6) is 1.66. The molecular weight excluding hydrogens is 351 g/mol. The van der Waals surface area contributed by atoms with Gasteiger partial charge in [-0.15, -0.1) is 24.0 Å². The van der Waals surface area contributed by atoms with E-state index in [1.54, 1.807) is 0 Å². The number of hydrogen-bond acceptors (Lipinski definition) is 2. The van der Waals surface area contributed by atoms with E-state index in [9.17, 15) is 0 Å². The molecule has 5 heteroatoms.